The van der Waals surface area contributed by atoms with E-state index in [1.165, 1.54) is 0 Å². The number of benzene rings is 1. The largest absolute Gasteiger partial charge is 0.493 e. The second-order valence-electron chi connectivity index (χ2n) is 3.04. The first kappa shape index (κ1) is 12.3. The molecule has 15 heavy (non-hydrogen) atoms. The van der Waals surface area contributed by atoms with Gasteiger partial charge in [-0.1, -0.05) is 0 Å². The van der Waals surface area contributed by atoms with Crippen LogP contribution in [0.5, 0.6) is 11.5 Å². The lowest BCUT2D eigenvalue weighted by Gasteiger charge is -2.15. The van der Waals surface area contributed by atoms with Crippen LogP contribution in [0.3, 0.4) is 0 Å². The predicted molar refractivity (Wildman–Crippen MR) is 60.6 cm³/mol. The fraction of sp³-hybridized carbons (Fsp3) is 0.400. The highest BCUT2D eigenvalue weighted by atomic mass is 79.9. The maximum Gasteiger partial charge on any atom is 0.175 e. The van der Waals surface area contributed by atoms with E-state index in [0.717, 1.165) is 15.6 Å². The highest BCUT2D eigenvalue weighted by Gasteiger charge is 2.15. The monoisotopic (exact) mass is 275 g/mol. The Balaban J connectivity index is 3.30. The molecule has 0 aliphatic rings. The van der Waals surface area contributed by atoms with E-state index in [2.05, 4.69) is 21.4 Å². The number of methoxy groups -OCH3 is 2. The Morgan fingerprint density at radius 1 is 1.33 bits per heavy atom. The summed E-state index contributed by atoms with van der Waals surface area (Å²) in [4.78, 5) is 0. The van der Waals surface area contributed by atoms with Gasteiger partial charge in [-0.25, -0.2) is 5.48 Å². The van der Waals surface area contributed by atoms with E-state index in [-0.39, 0.29) is 0 Å². The maximum absolute atomic E-state index is 8.69. The Kier molecular flexibility index (Phi) is 4.38. The predicted octanol–water partition coefficient (Wildman–Crippen LogP) is 2.25. The zero-order valence-electron chi connectivity index (χ0n) is 8.93. The highest BCUT2D eigenvalue weighted by molar-refractivity contribution is 9.10. The molecular weight excluding hydrogens is 262 g/mol. The Morgan fingerprint density at radius 2 is 1.93 bits per heavy atom. The van der Waals surface area contributed by atoms with Gasteiger partial charge in [0.2, 0.25) is 0 Å². The number of hydrogen-bond donors (Lipinski definition) is 2. The zero-order chi connectivity index (χ0) is 11.4. The van der Waals surface area contributed by atoms with Crippen molar-refractivity contribution in [1.82, 2.24) is 5.48 Å². The van der Waals surface area contributed by atoms with Gasteiger partial charge in [-0.05, 0) is 40.0 Å². The van der Waals surface area contributed by atoms with Gasteiger partial charge in [0.15, 0.2) is 11.5 Å². The van der Waals surface area contributed by atoms with Crippen molar-refractivity contribution in [3.63, 3.8) is 0 Å². The van der Waals surface area contributed by atoms with Crippen LogP contribution >= 0.6 is 15.9 Å². The third-order valence-electron chi connectivity index (χ3n) is 2.22. The van der Waals surface area contributed by atoms with Gasteiger partial charge in [0.05, 0.1) is 18.7 Å². The molecule has 1 aromatic carbocycles. The summed E-state index contributed by atoms with van der Waals surface area (Å²) in [6.07, 6.45) is 0. The molecule has 0 aliphatic carbocycles. The number of rotatable bonds is 4. The summed E-state index contributed by atoms with van der Waals surface area (Å²) in [5.41, 5.74) is 4.01. The first-order chi connectivity index (χ1) is 7.15. The molecule has 0 aromatic heterocycles. The second-order valence-corrected chi connectivity index (χ2v) is 3.90. The van der Waals surface area contributed by atoms with Crippen molar-refractivity contribution in [3.8, 4) is 11.5 Å². The third-order valence-corrected chi connectivity index (χ3v) is 2.81. The van der Waals surface area contributed by atoms with Gasteiger partial charge in [0.1, 0.15) is 0 Å². The van der Waals surface area contributed by atoms with Crippen molar-refractivity contribution in [1.29, 1.82) is 0 Å². The molecular formula is C10H14BrNO3. The highest BCUT2D eigenvalue weighted by Crippen LogP contribution is 2.39. The van der Waals surface area contributed by atoms with E-state index in [0.29, 0.717) is 18.0 Å². The van der Waals surface area contributed by atoms with Crippen molar-refractivity contribution in [2.75, 3.05) is 14.2 Å². The van der Waals surface area contributed by atoms with E-state index >= 15 is 0 Å². The average molecular weight is 276 g/mol. The molecule has 0 atom stereocenters. The Labute approximate surface area is 97.3 Å². The number of nitrogens with one attached hydrogen (secondary N) is 1. The van der Waals surface area contributed by atoms with E-state index in [1.807, 2.05) is 13.0 Å². The summed E-state index contributed by atoms with van der Waals surface area (Å²) in [5.74, 6) is 1.34. The molecule has 0 unspecified atom stereocenters. The van der Waals surface area contributed by atoms with Crippen LogP contribution in [0.25, 0.3) is 0 Å². The Morgan fingerprint density at radius 3 is 2.40 bits per heavy atom. The number of hydroxylamine groups is 1. The molecule has 1 rings (SSSR count). The fourth-order valence-electron chi connectivity index (χ4n) is 1.46. The molecule has 0 heterocycles. The molecule has 1 aromatic rings. The maximum atomic E-state index is 8.69. The smallest absolute Gasteiger partial charge is 0.175 e. The fourth-order valence-corrected chi connectivity index (χ4v) is 2.07. The molecule has 0 spiro atoms. The summed E-state index contributed by atoms with van der Waals surface area (Å²) in [7, 11) is 3.18. The summed E-state index contributed by atoms with van der Waals surface area (Å²) < 4.78 is 11.3. The van der Waals surface area contributed by atoms with Crippen LogP contribution in [-0.2, 0) is 6.54 Å². The van der Waals surface area contributed by atoms with Crippen molar-refractivity contribution in [2.24, 2.45) is 0 Å². The van der Waals surface area contributed by atoms with E-state index in [1.54, 1.807) is 14.2 Å². The molecule has 4 nitrogen and oxygen atoms in total. The molecule has 0 amide bonds. The van der Waals surface area contributed by atoms with Gasteiger partial charge in [-0.15, -0.1) is 0 Å². The van der Waals surface area contributed by atoms with Gasteiger partial charge in [0.25, 0.3) is 0 Å². The van der Waals surface area contributed by atoms with Crippen molar-refractivity contribution >= 4 is 15.9 Å². The third kappa shape index (κ3) is 2.42. The molecule has 0 fully saturated rings. The SMILES string of the molecule is COc1c(Br)cc(CNO)c(C)c1OC. The zero-order valence-corrected chi connectivity index (χ0v) is 10.5. The molecule has 0 radical (unpaired) electrons. The van der Waals surface area contributed by atoms with E-state index in [4.69, 9.17) is 14.7 Å². The Hall–Kier alpha value is -0.780. The second kappa shape index (κ2) is 5.34. The lowest BCUT2D eigenvalue weighted by Crippen LogP contribution is -2.09. The lowest BCUT2D eigenvalue weighted by molar-refractivity contribution is 0.161. The molecule has 84 valence electrons. The van der Waals surface area contributed by atoms with Crippen LogP contribution in [0.15, 0.2) is 10.5 Å². The first-order valence-electron chi connectivity index (χ1n) is 4.42. The van der Waals surface area contributed by atoms with Crippen LogP contribution < -0.4 is 15.0 Å². The number of hydrogen-bond acceptors (Lipinski definition) is 4. The normalized spacial score (nSPS) is 10.2. The van der Waals surface area contributed by atoms with E-state index in [9.17, 15) is 0 Å². The van der Waals surface area contributed by atoms with Crippen LogP contribution in [0.4, 0.5) is 0 Å². The summed E-state index contributed by atoms with van der Waals surface area (Å²) >= 11 is 3.39. The topological polar surface area (TPSA) is 50.7 Å². The van der Waals surface area contributed by atoms with Crippen LogP contribution in [0.1, 0.15) is 11.1 Å². The van der Waals surface area contributed by atoms with Crippen LogP contribution in [0, 0.1) is 6.92 Å². The summed E-state index contributed by atoms with van der Waals surface area (Å²) in [6.45, 7) is 2.28. The van der Waals surface area contributed by atoms with Gasteiger partial charge < -0.3 is 14.7 Å². The van der Waals surface area contributed by atoms with Crippen molar-refractivity contribution in [2.45, 2.75) is 13.5 Å². The molecule has 0 saturated carbocycles. The van der Waals surface area contributed by atoms with Crippen LogP contribution in [-0.4, -0.2) is 19.4 Å². The minimum absolute atomic E-state index is 0.366. The quantitative estimate of drug-likeness (QED) is 0.828. The summed E-state index contributed by atoms with van der Waals surface area (Å²) in [6, 6.07) is 1.89. The van der Waals surface area contributed by atoms with Gasteiger partial charge in [0, 0.05) is 6.54 Å². The molecule has 0 bridgehead atoms. The van der Waals surface area contributed by atoms with Gasteiger partial charge in [-0.3, -0.25) is 0 Å². The minimum atomic E-state index is 0.366. The van der Waals surface area contributed by atoms with Gasteiger partial charge >= 0.3 is 0 Å². The molecule has 2 N–H and O–H groups in total. The molecule has 0 aliphatic heterocycles. The van der Waals surface area contributed by atoms with Crippen molar-refractivity contribution < 1.29 is 14.7 Å². The standard InChI is InChI=1S/C10H14BrNO3/c1-6-7(5-12-13)4-8(11)10(15-3)9(6)14-2/h4,12-13H,5H2,1-3H3. The van der Waals surface area contributed by atoms with Crippen LogP contribution in [0.2, 0.25) is 0 Å². The van der Waals surface area contributed by atoms with E-state index < -0.39 is 0 Å². The van der Waals surface area contributed by atoms with Crippen molar-refractivity contribution in [3.05, 3.63) is 21.7 Å². The first-order valence-corrected chi connectivity index (χ1v) is 5.21. The minimum Gasteiger partial charge on any atom is -0.493 e. The van der Waals surface area contributed by atoms with Gasteiger partial charge in [-0.2, -0.15) is 0 Å². The number of halogens is 1. The molecule has 5 heteroatoms. The lowest BCUT2D eigenvalue weighted by atomic mass is 10.1. The Bertz CT molecular complexity index is 355. The summed E-state index contributed by atoms with van der Waals surface area (Å²) in [5, 5.41) is 8.69. The average Bonchev–Trinajstić information content (AvgIpc) is 2.22. The number of ether oxygens (including phenoxy) is 2. The molecule has 0 saturated heterocycles.